The Kier molecular flexibility index (Phi) is 2.87. The minimum atomic E-state index is 0.0975. The smallest absolute Gasteiger partial charge is 0.0669 e. The number of aromatic nitrogens is 2. The molecule has 3 heteroatoms. The molecule has 0 saturated heterocycles. The van der Waals surface area contributed by atoms with Gasteiger partial charge in [-0.2, -0.15) is 5.10 Å². The van der Waals surface area contributed by atoms with E-state index >= 15 is 0 Å². The van der Waals surface area contributed by atoms with Crippen LogP contribution in [-0.4, -0.2) is 9.78 Å². The van der Waals surface area contributed by atoms with Gasteiger partial charge in [-0.25, -0.2) is 0 Å². The standard InChI is InChI=1S/C9H17N3/c1-4-9-8(7(3)10)6-12(5-2)11-9/h6-7H,4-5,10H2,1-3H3. The summed E-state index contributed by atoms with van der Waals surface area (Å²) in [4.78, 5) is 0. The quantitative estimate of drug-likeness (QED) is 0.741. The lowest BCUT2D eigenvalue weighted by molar-refractivity contribution is 0.648. The second-order valence-corrected chi connectivity index (χ2v) is 3.03. The van der Waals surface area contributed by atoms with Crippen LogP contribution in [-0.2, 0) is 13.0 Å². The number of hydrogen-bond donors (Lipinski definition) is 1. The highest BCUT2D eigenvalue weighted by Crippen LogP contribution is 2.14. The molecule has 1 heterocycles. The van der Waals surface area contributed by atoms with Gasteiger partial charge in [0.05, 0.1) is 5.69 Å². The highest BCUT2D eigenvalue weighted by molar-refractivity contribution is 5.20. The third-order valence-electron chi connectivity index (χ3n) is 2.02. The van der Waals surface area contributed by atoms with Crippen LogP contribution in [0, 0.1) is 0 Å². The average Bonchev–Trinajstić information content (AvgIpc) is 2.47. The van der Waals surface area contributed by atoms with Gasteiger partial charge in [0.15, 0.2) is 0 Å². The molecule has 1 aromatic rings. The lowest BCUT2D eigenvalue weighted by Gasteiger charge is -2.01. The molecule has 0 saturated carbocycles. The summed E-state index contributed by atoms with van der Waals surface area (Å²) in [6.07, 6.45) is 3.01. The van der Waals surface area contributed by atoms with E-state index in [1.54, 1.807) is 0 Å². The predicted molar refractivity (Wildman–Crippen MR) is 49.9 cm³/mol. The molecule has 0 aliphatic carbocycles. The summed E-state index contributed by atoms with van der Waals surface area (Å²) < 4.78 is 1.94. The van der Waals surface area contributed by atoms with Crippen LogP contribution in [0.2, 0.25) is 0 Å². The SMILES string of the molecule is CCc1nn(CC)cc1C(C)N. The minimum absolute atomic E-state index is 0.0975. The molecule has 0 fully saturated rings. The molecule has 0 aliphatic heterocycles. The summed E-state index contributed by atoms with van der Waals surface area (Å²) in [6, 6.07) is 0.0975. The Bertz CT molecular complexity index is 250. The topological polar surface area (TPSA) is 43.8 Å². The van der Waals surface area contributed by atoms with Gasteiger partial charge in [0.1, 0.15) is 0 Å². The number of aryl methyl sites for hydroxylation is 2. The first kappa shape index (κ1) is 9.26. The molecule has 0 aliphatic rings. The van der Waals surface area contributed by atoms with E-state index in [4.69, 9.17) is 5.73 Å². The van der Waals surface area contributed by atoms with Crippen molar-refractivity contribution in [2.45, 2.75) is 39.8 Å². The zero-order chi connectivity index (χ0) is 9.14. The molecule has 0 amide bonds. The van der Waals surface area contributed by atoms with Crippen molar-refractivity contribution in [2.75, 3.05) is 0 Å². The van der Waals surface area contributed by atoms with Gasteiger partial charge in [0.25, 0.3) is 0 Å². The van der Waals surface area contributed by atoms with Crippen molar-refractivity contribution in [3.8, 4) is 0 Å². The van der Waals surface area contributed by atoms with Crippen molar-refractivity contribution in [1.29, 1.82) is 0 Å². The van der Waals surface area contributed by atoms with E-state index in [1.165, 1.54) is 5.56 Å². The third kappa shape index (κ3) is 1.67. The lowest BCUT2D eigenvalue weighted by atomic mass is 10.1. The predicted octanol–water partition coefficient (Wildman–Crippen LogP) is 1.49. The van der Waals surface area contributed by atoms with Crippen LogP contribution in [0.3, 0.4) is 0 Å². The third-order valence-corrected chi connectivity index (χ3v) is 2.02. The fraction of sp³-hybridized carbons (Fsp3) is 0.667. The van der Waals surface area contributed by atoms with E-state index in [1.807, 2.05) is 17.8 Å². The maximum absolute atomic E-state index is 5.80. The molecule has 0 aromatic carbocycles. The van der Waals surface area contributed by atoms with E-state index in [0.717, 1.165) is 18.7 Å². The molecular weight excluding hydrogens is 150 g/mol. The maximum Gasteiger partial charge on any atom is 0.0669 e. The van der Waals surface area contributed by atoms with Gasteiger partial charge in [-0.05, 0) is 20.3 Å². The molecule has 1 unspecified atom stereocenters. The Morgan fingerprint density at radius 1 is 1.58 bits per heavy atom. The molecule has 0 radical (unpaired) electrons. The van der Waals surface area contributed by atoms with E-state index < -0.39 is 0 Å². The molecule has 3 nitrogen and oxygen atoms in total. The summed E-state index contributed by atoms with van der Waals surface area (Å²) in [5.74, 6) is 0. The molecule has 1 rings (SSSR count). The molecular formula is C9H17N3. The van der Waals surface area contributed by atoms with Gasteiger partial charge in [0, 0.05) is 24.3 Å². The van der Waals surface area contributed by atoms with Crippen molar-refractivity contribution in [3.05, 3.63) is 17.5 Å². The van der Waals surface area contributed by atoms with E-state index in [-0.39, 0.29) is 6.04 Å². The fourth-order valence-corrected chi connectivity index (χ4v) is 1.29. The second-order valence-electron chi connectivity index (χ2n) is 3.03. The van der Waals surface area contributed by atoms with Gasteiger partial charge in [-0.1, -0.05) is 6.92 Å². The van der Waals surface area contributed by atoms with Crippen LogP contribution in [0.5, 0.6) is 0 Å². The molecule has 68 valence electrons. The molecule has 0 spiro atoms. The summed E-state index contributed by atoms with van der Waals surface area (Å²) >= 11 is 0. The van der Waals surface area contributed by atoms with Gasteiger partial charge < -0.3 is 5.73 Å². The van der Waals surface area contributed by atoms with Crippen LogP contribution in [0.1, 0.15) is 38.1 Å². The highest BCUT2D eigenvalue weighted by atomic mass is 15.3. The number of nitrogens with two attached hydrogens (primary N) is 1. The van der Waals surface area contributed by atoms with Crippen LogP contribution < -0.4 is 5.73 Å². The Balaban J connectivity index is 3.00. The number of nitrogens with zero attached hydrogens (tertiary/aromatic N) is 2. The van der Waals surface area contributed by atoms with Gasteiger partial charge >= 0.3 is 0 Å². The maximum atomic E-state index is 5.80. The van der Waals surface area contributed by atoms with E-state index in [2.05, 4.69) is 18.9 Å². The van der Waals surface area contributed by atoms with Crippen LogP contribution in [0.15, 0.2) is 6.20 Å². The lowest BCUT2D eigenvalue weighted by Crippen LogP contribution is -2.06. The molecule has 1 atom stereocenters. The first-order valence-corrected chi connectivity index (χ1v) is 4.50. The first-order chi connectivity index (χ1) is 5.69. The Morgan fingerprint density at radius 2 is 2.25 bits per heavy atom. The number of hydrogen-bond acceptors (Lipinski definition) is 2. The summed E-state index contributed by atoms with van der Waals surface area (Å²) in [6.45, 7) is 7.10. The van der Waals surface area contributed by atoms with Crippen molar-refractivity contribution < 1.29 is 0 Å². The molecule has 2 N–H and O–H groups in total. The molecule has 0 bridgehead atoms. The van der Waals surface area contributed by atoms with Gasteiger partial charge in [-0.15, -0.1) is 0 Å². The van der Waals surface area contributed by atoms with Crippen molar-refractivity contribution in [2.24, 2.45) is 5.73 Å². The fourth-order valence-electron chi connectivity index (χ4n) is 1.29. The van der Waals surface area contributed by atoms with Crippen LogP contribution >= 0.6 is 0 Å². The van der Waals surface area contributed by atoms with E-state index in [9.17, 15) is 0 Å². The summed E-state index contributed by atoms with van der Waals surface area (Å²) in [5, 5.41) is 4.41. The van der Waals surface area contributed by atoms with Gasteiger partial charge in [-0.3, -0.25) is 4.68 Å². The highest BCUT2D eigenvalue weighted by Gasteiger charge is 2.09. The first-order valence-electron chi connectivity index (χ1n) is 4.50. The zero-order valence-corrected chi connectivity index (χ0v) is 8.04. The van der Waals surface area contributed by atoms with Crippen LogP contribution in [0.25, 0.3) is 0 Å². The van der Waals surface area contributed by atoms with E-state index in [0.29, 0.717) is 0 Å². The van der Waals surface area contributed by atoms with Crippen LogP contribution in [0.4, 0.5) is 0 Å². The average molecular weight is 167 g/mol. The largest absolute Gasteiger partial charge is 0.324 e. The van der Waals surface area contributed by atoms with Gasteiger partial charge in [0.2, 0.25) is 0 Å². The van der Waals surface area contributed by atoms with Crippen molar-refractivity contribution in [1.82, 2.24) is 9.78 Å². The second kappa shape index (κ2) is 3.72. The minimum Gasteiger partial charge on any atom is -0.324 e. The molecule has 1 aromatic heterocycles. The molecule has 12 heavy (non-hydrogen) atoms. The monoisotopic (exact) mass is 167 g/mol. The van der Waals surface area contributed by atoms with Crippen molar-refractivity contribution in [3.63, 3.8) is 0 Å². The Labute approximate surface area is 73.6 Å². The zero-order valence-electron chi connectivity index (χ0n) is 8.04. The van der Waals surface area contributed by atoms with Crippen molar-refractivity contribution >= 4 is 0 Å². The summed E-state index contributed by atoms with van der Waals surface area (Å²) in [5.41, 5.74) is 8.12. The normalized spacial score (nSPS) is 13.3. The summed E-state index contributed by atoms with van der Waals surface area (Å²) in [7, 11) is 0. The number of rotatable bonds is 3. The Hall–Kier alpha value is -0.830. The Morgan fingerprint density at radius 3 is 2.58 bits per heavy atom.